The number of hydrogen-bond donors (Lipinski definition) is 0. The molecule has 1 aromatic heterocycles. The number of ketones is 1. The first-order valence-corrected chi connectivity index (χ1v) is 7.53. The third kappa shape index (κ3) is 2.17. The van der Waals surface area contributed by atoms with E-state index in [1.807, 2.05) is 19.1 Å². The SMILES string of the molecule is CCC1C(=O)c2sc(-c3ccc(Cl)cc3)nc2C[N+]1=O. The van der Waals surface area contributed by atoms with Crippen molar-refractivity contribution in [3.05, 3.63) is 44.8 Å². The van der Waals surface area contributed by atoms with E-state index in [9.17, 15) is 9.70 Å². The molecule has 0 bridgehead atoms. The van der Waals surface area contributed by atoms with Crippen LogP contribution in [0, 0.1) is 4.91 Å². The number of nitrogens with zero attached hydrogens (tertiary/aromatic N) is 2. The molecular formula is C14H12ClN2O2S+. The average Bonchev–Trinajstić information content (AvgIpc) is 2.84. The number of carbonyl (C=O) groups excluding carboxylic acids is 1. The van der Waals surface area contributed by atoms with Gasteiger partial charge in [-0.05, 0) is 12.1 Å². The Kier molecular flexibility index (Phi) is 3.40. The summed E-state index contributed by atoms with van der Waals surface area (Å²) in [4.78, 5) is 29.1. The van der Waals surface area contributed by atoms with Crippen molar-refractivity contribution in [1.29, 1.82) is 0 Å². The summed E-state index contributed by atoms with van der Waals surface area (Å²) in [6.07, 6.45) is 0.524. The average molecular weight is 308 g/mol. The molecule has 20 heavy (non-hydrogen) atoms. The monoisotopic (exact) mass is 307 g/mol. The Morgan fingerprint density at radius 2 is 2.10 bits per heavy atom. The van der Waals surface area contributed by atoms with Gasteiger partial charge in [-0.25, -0.2) is 4.98 Å². The van der Waals surface area contributed by atoms with Crippen molar-refractivity contribution in [2.45, 2.75) is 25.9 Å². The highest BCUT2D eigenvalue weighted by molar-refractivity contribution is 7.17. The molecule has 1 aromatic carbocycles. The minimum absolute atomic E-state index is 0.110. The molecule has 0 amide bonds. The summed E-state index contributed by atoms with van der Waals surface area (Å²) in [6, 6.07) is 6.73. The Labute approximate surface area is 125 Å². The maximum atomic E-state index is 12.3. The van der Waals surface area contributed by atoms with E-state index in [2.05, 4.69) is 4.98 Å². The van der Waals surface area contributed by atoms with Crippen LogP contribution in [0.1, 0.15) is 28.7 Å². The van der Waals surface area contributed by atoms with Gasteiger partial charge >= 0.3 is 0 Å². The zero-order valence-corrected chi connectivity index (χ0v) is 12.4. The van der Waals surface area contributed by atoms with Gasteiger partial charge in [0.05, 0.1) is 0 Å². The third-order valence-electron chi connectivity index (χ3n) is 3.35. The van der Waals surface area contributed by atoms with Crippen LogP contribution in [0.4, 0.5) is 0 Å². The maximum absolute atomic E-state index is 12.3. The Balaban J connectivity index is 2.03. The molecule has 1 aliphatic heterocycles. The molecule has 0 spiro atoms. The van der Waals surface area contributed by atoms with Gasteiger partial charge in [-0.1, -0.05) is 30.7 Å². The second-order valence-electron chi connectivity index (χ2n) is 4.67. The van der Waals surface area contributed by atoms with Crippen LogP contribution in [0.25, 0.3) is 10.6 Å². The van der Waals surface area contributed by atoms with Gasteiger partial charge < -0.3 is 0 Å². The van der Waals surface area contributed by atoms with E-state index in [1.165, 1.54) is 11.3 Å². The van der Waals surface area contributed by atoms with E-state index < -0.39 is 6.04 Å². The fourth-order valence-corrected chi connectivity index (χ4v) is 3.49. The number of carbonyl (C=O) groups is 1. The van der Waals surface area contributed by atoms with Gasteiger partial charge in [0.15, 0.2) is 0 Å². The highest BCUT2D eigenvalue weighted by Crippen LogP contribution is 2.33. The van der Waals surface area contributed by atoms with Crippen molar-refractivity contribution >= 4 is 28.7 Å². The minimum atomic E-state index is -0.569. The smallest absolute Gasteiger partial charge is 0.264 e. The predicted octanol–water partition coefficient (Wildman–Crippen LogP) is 3.72. The van der Waals surface area contributed by atoms with Crippen molar-refractivity contribution in [3.8, 4) is 10.6 Å². The molecule has 0 aliphatic carbocycles. The van der Waals surface area contributed by atoms with Gasteiger partial charge in [-0.15, -0.1) is 11.3 Å². The molecule has 0 saturated heterocycles. The lowest BCUT2D eigenvalue weighted by Crippen LogP contribution is -2.36. The third-order valence-corrected chi connectivity index (χ3v) is 4.77. The van der Waals surface area contributed by atoms with Crippen LogP contribution in [-0.4, -0.2) is 21.6 Å². The molecule has 1 unspecified atom stereocenters. The molecule has 3 rings (SSSR count). The van der Waals surface area contributed by atoms with E-state index in [0.717, 1.165) is 15.3 Å². The summed E-state index contributed by atoms with van der Waals surface area (Å²) in [5.41, 5.74) is 1.50. The number of benzene rings is 1. The molecule has 2 heterocycles. The Bertz CT molecular complexity index is 694. The second kappa shape index (κ2) is 5.07. The minimum Gasteiger partial charge on any atom is -0.285 e. The molecule has 0 N–H and O–H groups in total. The van der Waals surface area contributed by atoms with E-state index in [0.29, 0.717) is 22.0 Å². The number of hydrogen-bond acceptors (Lipinski definition) is 4. The highest BCUT2D eigenvalue weighted by atomic mass is 35.5. The van der Waals surface area contributed by atoms with Gasteiger partial charge in [0.2, 0.25) is 12.3 Å². The summed E-state index contributed by atoms with van der Waals surface area (Å²) in [6.45, 7) is 2.03. The van der Waals surface area contributed by atoms with E-state index in [1.54, 1.807) is 12.1 Å². The zero-order valence-electron chi connectivity index (χ0n) is 10.8. The number of rotatable bonds is 2. The normalized spacial score (nSPS) is 18.2. The van der Waals surface area contributed by atoms with Crippen molar-refractivity contribution in [3.63, 3.8) is 0 Å². The molecule has 0 radical (unpaired) electrons. The lowest BCUT2D eigenvalue weighted by molar-refractivity contribution is -0.589. The van der Waals surface area contributed by atoms with Crippen molar-refractivity contribution in [1.82, 2.24) is 4.98 Å². The largest absolute Gasteiger partial charge is 0.285 e. The van der Waals surface area contributed by atoms with Gasteiger partial charge in [-0.2, -0.15) is 0 Å². The number of halogens is 1. The zero-order chi connectivity index (χ0) is 14.3. The van der Waals surface area contributed by atoms with E-state index in [4.69, 9.17) is 11.6 Å². The van der Waals surface area contributed by atoms with E-state index in [-0.39, 0.29) is 12.3 Å². The van der Waals surface area contributed by atoms with Gasteiger partial charge in [0.1, 0.15) is 15.6 Å². The Hall–Kier alpha value is -1.59. The predicted molar refractivity (Wildman–Crippen MR) is 78.3 cm³/mol. The molecule has 0 saturated carbocycles. The van der Waals surface area contributed by atoms with Crippen LogP contribution in [0.15, 0.2) is 24.3 Å². The molecule has 1 atom stereocenters. The van der Waals surface area contributed by atoms with Crippen molar-refractivity contribution in [2.75, 3.05) is 0 Å². The summed E-state index contributed by atoms with van der Waals surface area (Å²) in [7, 11) is 0. The van der Waals surface area contributed by atoms with Crippen molar-refractivity contribution in [2.24, 2.45) is 0 Å². The van der Waals surface area contributed by atoms with E-state index >= 15 is 0 Å². The molecular weight excluding hydrogens is 296 g/mol. The molecule has 1 aliphatic rings. The van der Waals surface area contributed by atoms with Gasteiger partial charge in [0.25, 0.3) is 6.04 Å². The van der Waals surface area contributed by atoms with Crippen LogP contribution in [0.3, 0.4) is 0 Å². The summed E-state index contributed by atoms with van der Waals surface area (Å²) in [5, 5.41) is 1.41. The second-order valence-corrected chi connectivity index (χ2v) is 6.10. The number of aromatic nitrogens is 1. The van der Waals surface area contributed by atoms with Crippen LogP contribution in [-0.2, 0) is 6.54 Å². The molecule has 102 valence electrons. The highest BCUT2D eigenvalue weighted by Gasteiger charge is 2.41. The number of thiazole rings is 1. The Morgan fingerprint density at radius 3 is 2.75 bits per heavy atom. The fraction of sp³-hybridized carbons (Fsp3) is 0.286. The first-order chi connectivity index (χ1) is 9.60. The summed E-state index contributed by atoms with van der Waals surface area (Å²) < 4.78 is 0.829. The van der Waals surface area contributed by atoms with Crippen LogP contribution >= 0.6 is 22.9 Å². The standard InChI is InChI=1S/C14H12ClN2O2S/c1-2-11-12(18)13-10(7-17(11)19)16-14(20-13)8-3-5-9(15)6-4-8/h3-6,11H,2,7H2,1H3/q+1. The van der Waals surface area contributed by atoms with Gasteiger partial charge in [0, 0.05) is 26.7 Å². The lowest BCUT2D eigenvalue weighted by Gasteiger charge is -2.10. The topological polar surface area (TPSA) is 50.0 Å². The first kappa shape index (κ1) is 13.4. The maximum Gasteiger partial charge on any atom is 0.264 e. The summed E-state index contributed by atoms with van der Waals surface area (Å²) in [5.74, 6) is -0.110. The lowest BCUT2D eigenvalue weighted by atomic mass is 10.0. The Morgan fingerprint density at radius 1 is 1.40 bits per heavy atom. The van der Waals surface area contributed by atoms with Crippen LogP contribution < -0.4 is 0 Å². The first-order valence-electron chi connectivity index (χ1n) is 6.33. The fourth-order valence-electron chi connectivity index (χ4n) is 2.30. The van der Waals surface area contributed by atoms with Gasteiger partial charge in [-0.3, -0.25) is 4.79 Å². The number of fused-ring (bicyclic) bond motifs is 1. The molecule has 4 nitrogen and oxygen atoms in total. The molecule has 6 heteroatoms. The molecule has 0 fully saturated rings. The van der Waals surface area contributed by atoms with Crippen molar-refractivity contribution < 1.29 is 9.55 Å². The molecule has 2 aromatic rings. The number of nitroso groups, excluding NO2 is 1. The number of Topliss-reactive ketones (excluding diaryl/α,β-unsaturated/α-hetero) is 1. The summed E-state index contributed by atoms with van der Waals surface area (Å²) >= 11 is 7.22. The quantitative estimate of drug-likeness (QED) is 0.795. The van der Waals surface area contributed by atoms with Crippen LogP contribution in [0.5, 0.6) is 0 Å². The van der Waals surface area contributed by atoms with Crippen LogP contribution in [0.2, 0.25) is 5.02 Å².